The number of carbonyl (C=O) groups is 1. The summed E-state index contributed by atoms with van der Waals surface area (Å²) in [5.74, 6) is -0.265. The molecule has 0 fully saturated rings. The number of methoxy groups -OCH3 is 1. The van der Waals surface area contributed by atoms with Crippen molar-refractivity contribution in [1.82, 2.24) is 0 Å². The molecule has 1 aromatic rings. The number of hydrogen-bond donors (Lipinski definition) is 0. The predicted molar refractivity (Wildman–Crippen MR) is 61.2 cm³/mol. The van der Waals surface area contributed by atoms with Crippen LogP contribution in [0.1, 0.15) is 42.3 Å². The summed E-state index contributed by atoms with van der Waals surface area (Å²) in [6.45, 7) is 8.29. The second kappa shape index (κ2) is 4.05. The van der Waals surface area contributed by atoms with Crippen LogP contribution in [0.3, 0.4) is 0 Å². The second-order valence-corrected chi connectivity index (χ2v) is 4.77. The van der Waals surface area contributed by atoms with Gasteiger partial charge in [0, 0.05) is 0 Å². The molecule has 0 aliphatic carbocycles. The van der Waals surface area contributed by atoms with Gasteiger partial charge in [-0.25, -0.2) is 4.79 Å². The Kier molecular flexibility index (Phi) is 3.18. The molecule has 82 valence electrons. The van der Waals surface area contributed by atoms with Gasteiger partial charge in [-0.05, 0) is 29.5 Å². The molecule has 0 N–H and O–H groups in total. The number of aryl methyl sites for hydroxylation is 1. The minimum absolute atomic E-state index is 0.0521. The van der Waals surface area contributed by atoms with Gasteiger partial charge in [-0.15, -0.1) is 0 Å². The van der Waals surface area contributed by atoms with E-state index < -0.39 is 0 Å². The average Bonchev–Trinajstić information content (AvgIpc) is 2.15. The monoisotopic (exact) mass is 206 g/mol. The molecule has 2 nitrogen and oxygen atoms in total. The summed E-state index contributed by atoms with van der Waals surface area (Å²) in [5.41, 5.74) is 2.81. The van der Waals surface area contributed by atoms with Gasteiger partial charge in [0.25, 0.3) is 0 Å². The number of hydrogen-bond acceptors (Lipinski definition) is 2. The van der Waals surface area contributed by atoms with Crippen LogP contribution in [0.25, 0.3) is 0 Å². The van der Waals surface area contributed by atoms with E-state index >= 15 is 0 Å². The zero-order valence-electron chi connectivity index (χ0n) is 10.0. The zero-order valence-corrected chi connectivity index (χ0v) is 10.0. The summed E-state index contributed by atoms with van der Waals surface area (Å²) in [5, 5.41) is 0. The Morgan fingerprint density at radius 1 is 1.27 bits per heavy atom. The fraction of sp³-hybridized carbons (Fsp3) is 0.462. The van der Waals surface area contributed by atoms with Crippen molar-refractivity contribution in [2.45, 2.75) is 33.1 Å². The van der Waals surface area contributed by atoms with Crippen molar-refractivity contribution < 1.29 is 9.53 Å². The minimum atomic E-state index is -0.265. The molecule has 0 aliphatic rings. The van der Waals surface area contributed by atoms with E-state index in [9.17, 15) is 4.79 Å². The summed E-state index contributed by atoms with van der Waals surface area (Å²) in [6.07, 6.45) is 0. The first-order valence-electron chi connectivity index (χ1n) is 5.05. The van der Waals surface area contributed by atoms with Gasteiger partial charge in [-0.2, -0.15) is 0 Å². The van der Waals surface area contributed by atoms with Crippen molar-refractivity contribution in [3.8, 4) is 0 Å². The molecular formula is C13H18O2. The van der Waals surface area contributed by atoms with Gasteiger partial charge in [0.05, 0.1) is 12.7 Å². The third-order valence-corrected chi connectivity index (χ3v) is 2.51. The van der Waals surface area contributed by atoms with Crippen LogP contribution < -0.4 is 0 Å². The summed E-state index contributed by atoms with van der Waals surface area (Å²) in [4.78, 5) is 11.5. The number of esters is 1. The van der Waals surface area contributed by atoms with E-state index in [-0.39, 0.29) is 11.4 Å². The van der Waals surface area contributed by atoms with Gasteiger partial charge < -0.3 is 4.74 Å². The first-order chi connectivity index (χ1) is 6.86. The lowest BCUT2D eigenvalue weighted by molar-refractivity contribution is 0.0600. The lowest BCUT2D eigenvalue weighted by Crippen LogP contribution is -2.13. The standard InChI is InChI=1S/C13H18O2/c1-9-6-7-10(13(2,3)4)8-11(9)12(14)15-5/h6-8H,1-5H3. The summed E-state index contributed by atoms with van der Waals surface area (Å²) in [6, 6.07) is 5.94. The maximum atomic E-state index is 11.5. The number of ether oxygens (including phenoxy) is 1. The van der Waals surface area contributed by atoms with Crippen LogP contribution in [0.5, 0.6) is 0 Å². The van der Waals surface area contributed by atoms with Crippen LogP contribution >= 0.6 is 0 Å². The van der Waals surface area contributed by atoms with Gasteiger partial charge in [0.15, 0.2) is 0 Å². The highest BCUT2D eigenvalue weighted by atomic mass is 16.5. The molecular weight excluding hydrogens is 188 g/mol. The van der Waals surface area contributed by atoms with Crippen LogP contribution in [-0.2, 0) is 10.2 Å². The summed E-state index contributed by atoms with van der Waals surface area (Å²) in [7, 11) is 1.41. The highest BCUT2D eigenvalue weighted by molar-refractivity contribution is 5.91. The Hall–Kier alpha value is -1.31. The molecule has 0 amide bonds. The predicted octanol–water partition coefficient (Wildman–Crippen LogP) is 3.08. The van der Waals surface area contributed by atoms with E-state index in [2.05, 4.69) is 26.8 Å². The third kappa shape index (κ3) is 2.58. The molecule has 1 aromatic carbocycles. The van der Waals surface area contributed by atoms with Gasteiger partial charge in [-0.1, -0.05) is 32.9 Å². The molecule has 2 heteroatoms. The third-order valence-electron chi connectivity index (χ3n) is 2.51. The first-order valence-corrected chi connectivity index (χ1v) is 5.05. The van der Waals surface area contributed by atoms with Crippen LogP contribution in [0.15, 0.2) is 18.2 Å². The molecule has 0 spiro atoms. The SMILES string of the molecule is COC(=O)c1cc(C(C)(C)C)ccc1C. The molecule has 0 saturated heterocycles. The number of benzene rings is 1. The summed E-state index contributed by atoms with van der Waals surface area (Å²) < 4.78 is 4.75. The van der Waals surface area contributed by atoms with Crippen LogP contribution in [-0.4, -0.2) is 13.1 Å². The lowest BCUT2D eigenvalue weighted by Gasteiger charge is -2.20. The number of carbonyl (C=O) groups excluding carboxylic acids is 1. The van der Waals surface area contributed by atoms with Crippen molar-refractivity contribution in [2.75, 3.05) is 7.11 Å². The van der Waals surface area contributed by atoms with E-state index in [4.69, 9.17) is 4.74 Å². The zero-order chi connectivity index (χ0) is 11.6. The molecule has 0 atom stereocenters. The second-order valence-electron chi connectivity index (χ2n) is 4.77. The first kappa shape index (κ1) is 11.8. The van der Waals surface area contributed by atoms with E-state index in [0.717, 1.165) is 11.1 Å². The number of rotatable bonds is 1. The quantitative estimate of drug-likeness (QED) is 0.660. The van der Waals surface area contributed by atoms with E-state index in [1.54, 1.807) is 0 Å². The topological polar surface area (TPSA) is 26.3 Å². The van der Waals surface area contributed by atoms with Gasteiger partial charge in [0.1, 0.15) is 0 Å². The molecule has 0 aromatic heterocycles. The van der Waals surface area contributed by atoms with Crippen LogP contribution in [0.2, 0.25) is 0 Å². The van der Waals surface area contributed by atoms with E-state index in [0.29, 0.717) is 5.56 Å². The van der Waals surface area contributed by atoms with Crippen molar-refractivity contribution in [1.29, 1.82) is 0 Å². The molecule has 0 bridgehead atoms. The highest BCUT2D eigenvalue weighted by Gasteiger charge is 2.17. The van der Waals surface area contributed by atoms with Crippen LogP contribution in [0, 0.1) is 6.92 Å². The van der Waals surface area contributed by atoms with Crippen molar-refractivity contribution in [2.24, 2.45) is 0 Å². The van der Waals surface area contributed by atoms with Crippen molar-refractivity contribution >= 4 is 5.97 Å². The average molecular weight is 206 g/mol. The highest BCUT2D eigenvalue weighted by Crippen LogP contribution is 2.24. The molecule has 15 heavy (non-hydrogen) atoms. The molecule has 0 aliphatic heterocycles. The minimum Gasteiger partial charge on any atom is -0.465 e. The fourth-order valence-corrected chi connectivity index (χ4v) is 1.42. The van der Waals surface area contributed by atoms with Gasteiger partial charge in [0.2, 0.25) is 0 Å². The Bertz CT molecular complexity index is 373. The normalized spacial score (nSPS) is 11.3. The maximum absolute atomic E-state index is 11.5. The lowest BCUT2D eigenvalue weighted by atomic mass is 9.85. The van der Waals surface area contributed by atoms with E-state index in [1.165, 1.54) is 7.11 Å². The van der Waals surface area contributed by atoms with Crippen molar-refractivity contribution in [3.63, 3.8) is 0 Å². The molecule has 0 heterocycles. The van der Waals surface area contributed by atoms with Crippen molar-refractivity contribution in [3.05, 3.63) is 34.9 Å². The van der Waals surface area contributed by atoms with Gasteiger partial charge >= 0.3 is 5.97 Å². The van der Waals surface area contributed by atoms with Crippen LogP contribution in [0.4, 0.5) is 0 Å². The van der Waals surface area contributed by atoms with Gasteiger partial charge in [-0.3, -0.25) is 0 Å². The smallest absolute Gasteiger partial charge is 0.338 e. The summed E-state index contributed by atoms with van der Waals surface area (Å²) >= 11 is 0. The fourth-order valence-electron chi connectivity index (χ4n) is 1.42. The Labute approximate surface area is 91.3 Å². The Morgan fingerprint density at radius 3 is 2.33 bits per heavy atom. The molecule has 0 radical (unpaired) electrons. The Balaban J connectivity index is 3.23. The molecule has 0 unspecified atom stereocenters. The van der Waals surface area contributed by atoms with E-state index in [1.807, 2.05) is 19.1 Å². The maximum Gasteiger partial charge on any atom is 0.338 e. The molecule has 1 rings (SSSR count). The molecule has 0 saturated carbocycles. The Morgan fingerprint density at radius 2 is 1.87 bits per heavy atom. The largest absolute Gasteiger partial charge is 0.465 e.